The summed E-state index contributed by atoms with van der Waals surface area (Å²) < 4.78 is 5.38. The number of amides is 1. The van der Waals surface area contributed by atoms with Crippen LogP contribution in [0.3, 0.4) is 0 Å². The maximum atomic E-state index is 12.2. The lowest BCUT2D eigenvalue weighted by molar-refractivity contribution is 0.131. The molecular weight excluding hydrogens is 352 g/mol. The van der Waals surface area contributed by atoms with Gasteiger partial charge in [0, 0.05) is 31.1 Å². The highest BCUT2D eigenvalue weighted by atomic mass is 35.5. The third kappa shape index (κ3) is 6.87. The normalized spacial score (nSPS) is 14.8. The van der Waals surface area contributed by atoms with Gasteiger partial charge in [-0.1, -0.05) is 24.4 Å². The minimum atomic E-state index is -0.306. The van der Waals surface area contributed by atoms with Gasteiger partial charge in [-0.15, -0.1) is 5.92 Å². The number of likely N-dealkylation sites (N-methyl/N-ethyl adjacent to an activating group) is 1. The van der Waals surface area contributed by atoms with E-state index in [-0.39, 0.29) is 12.7 Å². The highest BCUT2D eigenvalue weighted by molar-refractivity contribution is 6.30. The van der Waals surface area contributed by atoms with Crippen molar-refractivity contribution in [2.75, 3.05) is 39.3 Å². The molecule has 1 heterocycles. The average Bonchev–Trinajstić information content (AvgIpc) is 2.66. The Morgan fingerprint density at radius 1 is 1.31 bits per heavy atom. The number of nitrogens with zero attached hydrogens (tertiary/aromatic N) is 2. The number of ether oxygens (including phenoxy) is 1. The van der Waals surface area contributed by atoms with Gasteiger partial charge in [-0.25, -0.2) is 4.79 Å². The van der Waals surface area contributed by atoms with Crippen LogP contribution in [0.15, 0.2) is 24.3 Å². The van der Waals surface area contributed by atoms with Crippen LogP contribution in [0.4, 0.5) is 4.79 Å². The van der Waals surface area contributed by atoms with Gasteiger partial charge in [-0.3, -0.25) is 4.90 Å². The van der Waals surface area contributed by atoms with Crippen LogP contribution in [0.25, 0.3) is 0 Å². The molecule has 6 heteroatoms. The number of likely N-dealkylation sites (tertiary alicyclic amines) is 1. The minimum absolute atomic E-state index is 0.167. The summed E-state index contributed by atoms with van der Waals surface area (Å²) in [5.74, 6) is 7.47. The third-order valence-electron chi connectivity index (χ3n) is 4.57. The summed E-state index contributed by atoms with van der Waals surface area (Å²) in [5.41, 5.74) is 0. The fourth-order valence-corrected chi connectivity index (χ4v) is 2.99. The van der Waals surface area contributed by atoms with E-state index in [0.29, 0.717) is 42.9 Å². The molecule has 0 atom stereocenters. The van der Waals surface area contributed by atoms with Crippen molar-refractivity contribution in [3.05, 3.63) is 29.3 Å². The van der Waals surface area contributed by atoms with Gasteiger partial charge >= 0.3 is 6.09 Å². The molecule has 142 valence electrons. The molecule has 0 unspecified atom stereocenters. The van der Waals surface area contributed by atoms with E-state index in [1.54, 1.807) is 29.2 Å². The van der Waals surface area contributed by atoms with Crippen molar-refractivity contribution in [2.45, 2.75) is 26.2 Å². The van der Waals surface area contributed by atoms with Crippen LogP contribution in [-0.4, -0.2) is 60.3 Å². The topological polar surface area (TPSA) is 53.0 Å². The second kappa shape index (κ2) is 11.1. The molecule has 0 aliphatic carbocycles. The first kappa shape index (κ1) is 20.6. The van der Waals surface area contributed by atoms with E-state index in [1.807, 2.05) is 0 Å². The zero-order chi connectivity index (χ0) is 18.8. The first-order valence-electron chi connectivity index (χ1n) is 9.13. The average molecular weight is 379 g/mol. The summed E-state index contributed by atoms with van der Waals surface area (Å²) in [7, 11) is 0. The summed E-state index contributed by atoms with van der Waals surface area (Å²) in [6, 6.07) is 6.79. The number of aliphatic hydroxyl groups is 1. The second-order valence-electron chi connectivity index (χ2n) is 6.40. The molecular formula is C20H27ClN2O3. The standard InChI is InChI=1S/C20H27ClN2O3/c1-2-22(15-16-24)12-4-3-5-17-10-13-23(14-11-17)20(25)26-19-8-6-18(21)7-9-19/h6-9,17,24H,2,5,10-16H2,1H3. The molecule has 0 radical (unpaired) electrons. The van der Waals surface area contributed by atoms with Gasteiger partial charge in [-0.05, 0) is 49.6 Å². The molecule has 1 aliphatic heterocycles. The lowest BCUT2D eigenvalue weighted by Gasteiger charge is -2.30. The van der Waals surface area contributed by atoms with E-state index >= 15 is 0 Å². The van der Waals surface area contributed by atoms with E-state index in [1.165, 1.54) is 0 Å². The van der Waals surface area contributed by atoms with E-state index in [4.69, 9.17) is 21.4 Å². The van der Waals surface area contributed by atoms with Gasteiger partial charge in [0.05, 0.1) is 13.2 Å². The maximum absolute atomic E-state index is 12.2. The molecule has 0 aromatic heterocycles. The lowest BCUT2D eigenvalue weighted by Crippen LogP contribution is -2.40. The van der Waals surface area contributed by atoms with E-state index in [9.17, 15) is 4.79 Å². The second-order valence-corrected chi connectivity index (χ2v) is 6.84. The molecule has 1 aromatic rings. The number of halogens is 1. The van der Waals surface area contributed by atoms with Crippen LogP contribution in [0.5, 0.6) is 5.75 Å². The number of aliphatic hydroxyl groups excluding tert-OH is 1. The fraction of sp³-hybridized carbons (Fsp3) is 0.550. The van der Waals surface area contributed by atoms with E-state index in [2.05, 4.69) is 23.7 Å². The van der Waals surface area contributed by atoms with E-state index in [0.717, 1.165) is 25.8 Å². The summed E-state index contributed by atoms with van der Waals surface area (Å²) in [5, 5.41) is 9.58. The largest absolute Gasteiger partial charge is 0.415 e. The Hall–Kier alpha value is -1.74. The molecule has 0 saturated carbocycles. The smallest absolute Gasteiger partial charge is 0.410 e. The third-order valence-corrected chi connectivity index (χ3v) is 4.83. The molecule has 26 heavy (non-hydrogen) atoms. The predicted octanol–water partition coefficient (Wildman–Crippen LogP) is 3.26. The quantitative estimate of drug-likeness (QED) is 0.772. The Morgan fingerprint density at radius 3 is 2.62 bits per heavy atom. The first-order valence-corrected chi connectivity index (χ1v) is 9.51. The van der Waals surface area contributed by atoms with Crippen molar-refractivity contribution in [1.29, 1.82) is 0 Å². The van der Waals surface area contributed by atoms with Crippen LogP contribution in [0.1, 0.15) is 26.2 Å². The first-order chi connectivity index (χ1) is 12.6. The molecule has 1 amide bonds. The van der Waals surface area contributed by atoms with Crippen LogP contribution >= 0.6 is 11.6 Å². The summed E-state index contributed by atoms with van der Waals surface area (Å²) in [4.78, 5) is 16.1. The minimum Gasteiger partial charge on any atom is -0.410 e. The molecule has 1 saturated heterocycles. The Morgan fingerprint density at radius 2 is 2.00 bits per heavy atom. The molecule has 0 spiro atoms. The molecule has 1 aliphatic rings. The Labute approximate surface area is 160 Å². The van der Waals surface area contributed by atoms with E-state index < -0.39 is 0 Å². The van der Waals surface area contributed by atoms with Gasteiger partial charge in [0.15, 0.2) is 0 Å². The van der Waals surface area contributed by atoms with Crippen molar-refractivity contribution in [2.24, 2.45) is 5.92 Å². The number of hydrogen-bond donors (Lipinski definition) is 1. The van der Waals surface area contributed by atoms with Crippen LogP contribution in [0, 0.1) is 17.8 Å². The van der Waals surface area contributed by atoms with Crippen molar-refractivity contribution in [3.8, 4) is 17.6 Å². The molecule has 0 bridgehead atoms. The number of benzene rings is 1. The van der Waals surface area contributed by atoms with Crippen molar-refractivity contribution < 1.29 is 14.6 Å². The number of rotatable bonds is 6. The van der Waals surface area contributed by atoms with Crippen LogP contribution < -0.4 is 4.74 Å². The number of piperidine rings is 1. The van der Waals surface area contributed by atoms with Gasteiger partial charge in [0.25, 0.3) is 0 Å². The van der Waals surface area contributed by atoms with Crippen LogP contribution in [-0.2, 0) is 0 Å². The van der Waals surface area contributed by atoms with Crippen molar-refractivity contribution in [3.63, 3.8) is 0 Å². The van der Waals surface area contributed by atoms with Gasteiger partial charge < -0.3 is 14.7 Å². The van der Waals surface area contributed by atoms with Gasteiger partial charge in [-0.2, -0.15) is 0 Å². The Balaban J connectivity index is 1.70. The number of carbonyl (C=O) groups excluding carboxylic acids is 1. The van der Waals surface area contributed by atoms with Crippen molar-refractivity contribution >= 4 is 17.7 Å². The van der Waals surface area contributed by atoms with Crippen molar-refractivity contribution in [1.82, 2.24) is 9.80 Å². The molecule has 2 rings (SSSR count). The SMILES string of the molecule is CCN(CC#CCC1CCN(C(=O)Oc2ccc(Cl)cc2)CC1)CCO. The summed E-state index contributed by atoms with van der Waals surface area (Å²) in [6.07, 6.45) is 2.44. The lowest BCUT2D eigenvalue weighted by atomic mass is 9.94. The monoisotopic (exact) mass is 378 g/mol. The zero-order valence-corrected chi connectivity index (χ0v) is 16.0. The number of hydrogen-bond acceptors (Lipinski definition) is 4. The van der Waals surface area contributed by atoms with Crippen LogP contribution in [0.2, 0.25) is 5.02 Å². The highest BCUT2D eigenvalue weighted by Crippen LogP contribution is 2.22. The van der Waals surface area contributed by atoms with Gasteiger partial charge in [0.1, 0.15) is 5.75 Å². The Kier molecular flexibility index (Phi) is 8.76. The maximum Gasteiger partial charge on any atom is 0.415 e. The molecule has 1 N–H and O–H groups in total. The summed E-state index contributed by atoms with van der Waals surface area (Å²) >= 11 is 5.83. The molecule has 1 aromatic carbocycles. The van der Waals surface area contributed by atoms with Gasteiger partial charge in [0.2, 0.25) is 0 Å². The predicted molar refractivity (Wildman–Crippen MR) is 103 cm³/mol. The Bertz CT molecular complexity index is 616. The number of carbonyl (C=O) groups is 1. The zero-order valence-electron chi connectivity index (χ0n) is 15.3. The summed E-state index contributed by atoms with van der Waals surface area (Å²) in [6.45, 7) is 5.89. The fourth-order valence-electron chi connectivity index (χ4n) is 2.86. The highest BCUT2D eigenvalue weighted by Gasteiger charge is 2.23. The molecule has 1 fully saturated rings. The molecule has 5 nitrogen and oxygen atoms in total.